The maximum Gasteiger partial charge on any atom is 0.123 e. The van der Waals surface area contributed by atoms with Gasteiger partial charge in [-0.3, -0.25) is 0 Å². The van der Waals surface area contributed by atoms with Crippen LogP contribution in [0.1, 0.15) is 38.2 Å². The molecule has 2 rings (SSSR count). The van der Waals surface area contributed by atoms with Crippen molar-refractivity contribution in [2.45, 2.75) is 44.3 Å². The zero-order chi connectivity index (χ0) is 12.5. The summed E-state index contributed by atoms with van der Waals surface area (Å²) in [5, 5.41) is 9.99. The molecule has 94 valence electrons. The fraction of sp³-hybridized carbons (Fsp3) is 0.615. The minimum absolute atomic E-state index is 0.112. The number of anilines is 1. The van der Waals surface area contributed by atoms with E-state index in [1.165, 1.54) is 5.56 Å². The molecular formula is C13H20N2O2. The molecule has 17 heavy (non-hydrogen) atoms. The second-order valence-electron chi connectivity index (χ2n) is 5.25. The maximum atomic E-state index is 9.99. The summed E-state index contributed by atoms with van der Waals surface area (Å²) < 4.78 is 5.62. The Morgan fingerprint density at radius 3 is 2.82 bits per heavy atom. The molecule has 1 aromatic heterocycles. The Labute approximate surface area is 102 Å². The van der Waals surface area contributed by atoms with Gasteiger partial charge in [0.25, 0.3) is 0 Å². The van der Waals surface area contributed by atoms with E-state index in [1.807, 2.05) is 18.3 Å². The van der Waals surface area contributed by atoms with E-state index in [-0.39, 0.29) is 6.10 Å². The summed E-state index contributed by atoms with van der Waals surface area (Å²) in [6, 6.07) is 3.84. The number of nitrogens with zero attached hydrogens (tertiary/aromatic N) is 1. The van der Waals surface area contributed by atoms with Crippen molar-refractivity contribution in [3.8, 4) is 0 Å². The smallest absolute Gasteiger partial charge is 0.123 e. The van der Waals surface area contributed by atoms with Crippen LogP contribution in [-0.2, 0) is 4.74 Å². The predicted octanol–water partition coefficient (Wildman–Crippen LogP) is 1.70. The molecule has 0 aromatic carbocycles. The highest BCUT2D eigenvalue weighted by atomic mass is 16.5. The molecule has 4 heteroatoms. The Bertz CT molecular complexity index is 370. The lowest BCUT2D eigenvalue weighted by molar-refractivity contribution is -0.112. The minimum Gasteiger partial charge on any atom is -0.388 e. The van der Waals surface area contributed by atoms with Gasteiger partial charge in [0.1, 0.15) is 5.82 Å². The molecule has 3 N–H and O–H groups in total. The topological polar surface area (TPSA) is 68.4 Å². The van der Waals surface area contributed by atoms with Gasteiger partial charge in [0, 0.05) is 12.8 Å². The number of aromatic nitrogens is 1. The SMILES string of the molecule is CC(C)(O)[C@@H]1CC(c2ccc(N)nc2)CCO1. The molecule has 1 aromatic rings. The monoisotopic (exact) mass is 236 g/mol. The van der Waals surface area contributed by atoms with Gasteiger partial charge in [-0.05, 0) is 44.2 Å². The number of hydrogen-bond acceptors (Lipinski definition) is 4. The van der Waals surface area contributed by atoms with E-state index in [1.54, 1.807) is 13.8 Å². The van der Waals surface area contributed by atoms with E-state index in [0.717, 1.165) is 12.8 Å². The Morgan fingerprint density at radius 2 is 2.24 bits per heavy atom. The van der Waals surface area contributed by atoms with Crippen molar-refractivity contribution in [3.63, 3.8) is 0 Å². The highest BCUT2D eigenvalue weighted by molar-refractivity contribution is 5.31. The van der Waals surface area contributed by atoms with E-state index >= 15 is 0 Å². The van der Waals surface area contributed by atoms with Gasteiger partial charge in [-0.25, -0.2) is 4.98 Å². The average Bonchev–Trinajstić information content (AvgIpc) is 2.29. The van der Waals surface area contributed by atoms with Gasteiger partial charge >= 0.3 is 0 Å². The van der Waals surface area contributed by atoms with E-state index in [9.17, 15) is 5.11 Å². The zero-order valence-corrected chi connectivity index (χ0v) is 10.4. The Morgan fingerprint density at radius 1 is 1.47 bits per heavy atom. The zero-order valence-electron chi connectivity index (χ0n) is 10.4. The van der Waals surface area contributed by atoms with E-state index < -0.39 is 5.60 Å². The van der Waals surface area contributed by atoms with Crippen molar-refractivity contribution in [3.05, 3.63) is 23.9 Å². The number of hydrogen-bond donors (Lipinski definition) is 2. The first-order chi connectivity index (χ1) is 7.97. The first kappa shape index (κ1) is 12.3. The van der Waals surface area contributed by atoms with Gasteiger partial charge in [0.2, 0.25) is 0 Å². The molecule has 1 unspecified atom stereocenters. The first-order valence-electron chi connectivity index (χ1n) is 6.02. The van der Waals surface area contributed by atoms with Crippen LogP contribution in [-0.4, -0.2) is 28.4 Å². The van der Waals surface area contributed by atoms with Crippen LogP contribution in [0.4, 0.5) is 5.82 Å². The second-order valence-corrected chi connectivity index (χ2v) is 5.25. The van der Waals surface area contributed by atoms with Gasteiger partial charge in [0.05, 0.1) is 11.7 Å². The van der Waals surface area contributed by atoms with Crippen molar-refractivity contribution >= 4 is 5.82 Å². The van der Waals surface area contributed by atoms with Crippen molar-refractivity contribution < 1.29 is 9.84 Å². The fourth-order valence-electron chi connectivity index (χ4n) is 2.25. The molecule has 0 saturated carbocycles. The molecule has 0 aliphatic carbocycles. The molecule has 0 amide bonds. The van der Waals surface area contributed by atoms with Crippen LogP contribution in [0.3, 0.4) is 0 Å². The summed E-state index contributed by atoms with van der Waals surface area (Å²) in [6.45, 7) is 4.27. The van der Waals surface area contributed by atoms with Crippen LogP contribution in [0.2, 0.25) is 0 Å². The molecule has 4 nitrogen and oxygen atoms in total. The number of nitrogens with two attached hydrogens (primary N) is 1. The number of aliphatic hydroxyl groups is 1. The normalized spacial score (nSPS) is 25.8. The van der Waals surface area contributed by atoms with E-state index in [0.29, 0.717) is 18.3 Å². The lowest BCUT2D eigenvalue weighted by Gasteiger charge is -2.36. The van der Waals surface area contributed by atoms with Gasteiger partial charge in [-0.1, -0.05) is 6.07 Å². The number of ether oxygens (including phenoxy) is 1. The summed E-state index contributed by atoms with van der Waals surface area (Å²) in [6.07, 6.45) is 3.51. The van der Waals surface area contributed by atoms with Crippen molar-refractivity contribution in [2.24, 2.45) is 0 Å². The molecule has 0 spiro atoms. The first-order valence-corrected chi connectivity index (χ1v) is 6.02. The van der Waals surface area contributed by atoms with Gasteiger partial charge < -0.3 is 15.6 Å². The van der Waals surface area contributed by atoms with Crippen LogP contribution in [0, 0.1) is 0 Å². The summed E-state index contributed by atoms with van der Waals surface area (Å²) in [5.41, 5.74) is 5.96. The number of pyridine rings is 1. The quantitative estimate of drug-likeness (QED) is 0.820. The van der Waals surface area contributed by atoms with Gasteiger partial charge in [-0.15, -0.1) is 0 Å². The lowest BCUT2D eigenvalue weighted by atomic mass is 9.84. The molecular weight excluding hydrogens is 216 g/mol. The molecule has 1 aliphatic rings. The van der Waals surface area contributed by atoms with Crippen molar-refractivity contribution in [1.29, 1.82) is 0 Å². The third kappa shape index (κ3) is 2.96. The van der Waals surface area contributed by atoms with Crippen molar-refractivity contribution in [2.75, 3.05) is 12.3 Å². The van der Waals surface area contributed by atoms with Crippen LogP contribution >= 0.6 is 0 Å². The molecule has 0 radical (unpaired) electrons. The van der Waals surface area contributed by atoms with Gasteiger partial charge in [-0.2, -0.15) is 0 Å². The third-order valence-corrected chi connectivity index (χ3v) is 3.35. The highest BCUT2D eigenvalue weighted by Gasteiger charge is 2.33. The minimum atomic E-state index is -0.792. The molecule has 2 heterocycles. The molecule has 2 atom stereocenters. The highest BCUT2D eigenvalue weighted by Crippen LogP contribution is 2.33. The molecule has 1 aliphatic heterocycles. The van der Waals surface area contributed by atoms with Crippen LogP contribution < -0.4 is 5.73 Å². The maximum absolute atomic E-state index is 9.99. The third-order valence-electron chi connectivity index (χ3n) is 3.35. The second kappa shape index (κ2) is 4.63. The van der Waals surface area contributed by atoms with Crippen LogP contribution in [0.15, 0.2) is 18.3 Å². The van der Waals surface area contributed by atoms with E-state index in [4.69, 9.17) is 10.5 Å². The summed E-state index contributed by atoms with van der Waals surface area (Å²) in [4.78, 5) is 4.12. The predicted molar refractivity (Wildman–Crippen MR) is 66.7 cm³/mol. The van der Waals surface area contributed by atoms with E-state index in [2.05, 4.69) is 4.98 Å². The number of rotatable bonds is 2. The van der Waals surface area contributed by atoms with Crippen LogP contribution in [0.25, 0.3) is 0 Å². The Balaban J connectivity index is 2.09. The summed E-state index contributed by atoms with van der Waals surface area (Å²) in [7, 11) is 0. The molecule has 1 saturated heterocycles. The summed E-state index contributed by atoms with van der Waals surface area (Å²) >= 11 is 0. The standard InChI is InChI=1S/C13H20N2O2/c1-13(2,16)11-7-9(5-6-17-11)10-3-4-12(14)15-8-10/h3-4,8-9,11,16H,5-7H2,1-2H3,(H2,14,15)/t9?,11-/m0/s1. The average molecular weight is 236 g/mol. The summed E-state index contributed by atoms with van der Waals surface area (Å²) in [5.74, 6) is 0.938. The fourth-order valence-corrected chi connectivity index (χ4v) is 2.25. The lowest BCUT2D eigenvalue weighted by Crippen LogP contribution is -2.42. The van der Waals surface area contributed by atoms with Gasteiger partial charge in [0.15, 0.2) is 0 Å². The van der Waals surface area contributed by atoms with Crippen LogP contribution in [0.5, 0.6) is 0 Å². The van der Waals surface area contributed by atoms with Crippen molar-refractivity contribution in [1.82, 2.24) is 4.98 Å². The Kier molecular flexibility index (Phi) is 3.35. The molecule has 1 fully saturated rings. The molecule has 0 bridgehead atoms. The Hall–Kier alpha value is -1.13. The number of nitrogen functional groups attached to an aromatic ring is 1. The largest absolute Gasteiger partial charge is 0.388 e.